The molecule has 21 heavy (non-hydrogen) atoms. The fourth-order valence-corrected chi connectivity index (χ4v) is 3.19. The van der Waals surface area contributed by atoms with Gasteiger partial charge in [-0.25, -0.2) is 0 Å². The fourth-order valence-electron chi connectivity index (χ4n) is 2.59. The van der Waals surface area contributed by atoms with Crippen molar-refractivity contribution in [1.82, 2.24) is 4.90 Å². The lowest BCUT2D eigenvalue weighted by atomic mass is 10.0. The average Bonchev–Trinajstić information content (AvgIpc) is 2.95. The van der Waals surface area contributed by atoms with Gasteiger partial charge in [0.15, 0.2) is 0 Å². The molecule has 116 valence electrons. The van der Waals surface area contributed by atoms with Crippen molar-refractivity contribution in [3.8, 4) is 11.5 Å². The molecule has 2 unspecified atom stereocenters. The number of methoxy groups -OCH3 is 2. The zero-order chi connectivity index (χ0) is 15.6. The summed E-state index contributed by atoms with van der Waals surface area (Å²) in [7, 11) is 3.09. The number of aliphatic hydroxyl groups excluding tert-OH is 1. The zero-order valence-corrected chi connectivity index (χ0v) is 14.0. The summed E-state index contributed by atoms with van der Waals surface area (Å²) in [4.78, 5) is 14.5. The molecule has 1 amide bonds. The minimum atomic E-state index is -0.401. The first-order valence-electron chi connectivity index (χ1n) is 6.86. The van der Waals surface area contributed by atoms with E-state index in [1.54, 1.807) is 31.1 Å². The van der Waals surface area contributed by atoms with Crippen LogP contribution in [-0.4, -0.2) is 49.3 Å². The minimum absolute atomic E-state index is 0.102. The predicted octanol–water partition coefficient (Wildman–Crippen LogP) is 2.31. The fraction of sp³-hybridized carbons (Fsp3) is 0.533. The van der Waals surface area contributed by atoms with Crippen LogP contribution in [0, 0.1) is 5.92 Å². The van der Waals surface area contributed by atoms with Crippen LogP contribution < -0.4 is 9.47 Å². The Kier molecular flexibility index (Phi) is 5.11. The molecule has 1 aliphatic heterocycles. The molecule has 0 radical (unpaired) electrons. The van der Waals surface area contributed by atoms with E-state index in [4.69, 9.17) is 9.47 Å². The average molecular weight is 358 g/mol. The second-order valence-corrected chi connectivity index (χ2v) is 6.08. The highest BCUT2D eigenvalue weighted by Crippen LogP contribution is 2.35. The molecule has 5 nitrogen and oxygen atoms in total. The van der Waals surface area contributed by atoms with Gasteiger partial charge in [-0.2, -0.15) is 0 Å². The number of halogens is 1. The number of ether oxygens (including phenoxy) is 2. The number of nitrogens with zero attached hydrogens (tertiary/aromatic N) is 1. The van der Waals surface area contributed by atoms with Crippen LogP contribution in [0.1, 0.15) is 23.7 Å². The van der Waals surface area contributed by atoms with E-state index in [2.05, 4.69) is 15.9 Å². The van der Waals surface area contributed by atoms with Gasteiger partial charge in [-0.3, -0.25) is 4.79 Å². The summed E-state index contributed by atoms with van der Waals surface area (Å²) in [6.45, 7) is 2.97. The molecular weight excluding hydrogens is 338 g/mol. The number of rotatable bonds is 4. The third-order valence-corrected chi connectivity index (χ3v) is 4.47. The van der Waals surface area contributed by atoms with Crippen molar-refractivity contribution in [2.75, 3.05) is 27.3 Å². The number of aliphatic hydroxyl groups is 1. The largest absolute Gasteiger partial charge is 0.497 e. The number of likely N-dealkylation sites (tertiary alicyclic amines) is 1. The van der Waals surface area contributed by atoms with E-state index < -0.39 is 6.10 Å². The van der Waals surface area contributed by atoms with Crippen LogP contribution in [0.15, 0.2) is 16.6 Å². The third-order valence-electron chi connectivity index (χ3n) is 3.88. The number of carbonyl (C=O) groups is 1. The molecule has 1 saturated heterocycles. The van der Waals surface area contributed by atoms with Gasteiger partial charge in [-0.15, -0.1) is 0 Å². The topological polar surface area (TPSA) is 59.0 Å². The van der Waals surface area contributed by atoms with Crippen LogP contribution in [-0.2, 0) is 0 Å². The molecule has 0 bridgehead atoms. The van der Waals surface area contributed by atoms with E-state index in [1.165, 1.54) is 7.11 Å². The standard InChI is InChI=1S/C15H20BrNO4/c1-9(18)10-4-5-17(8-10)15(19)12-6-11(20-2)7-13(16)14(12)21-3/h6-7,9-10,18H,4-5,8H2,1-3H3. The van der Waals surface area contributed by atoms with Crippen LogP contribution in [0.25, 0.3) is 0 Å². The van der Waals surface area contributed by atoms with Gasteiger partial charge in [-0.1, -0.05) is 0 Å². The van der Waals surface area contributed by atoms with Gasteiger partial charge >= 0.3 is 0 Å². The molecular formula is C15H20BrNO4. The first kappa shape index (κ1) is 16.1. The maximum Gasteiger partial charge on any atom is 0.257 e. The van der Waals surface area contributed by atoms with E-state index >= 15 is 0 Å². The Morgan fingerprint density at radius 2 is 2.14 bits per heavy atom. The molecule has 1 N–H and O–H groups in total. The minimum Gasteiger partial charge on any atom is -0.497 e. The lowest BCUT2D eigenvalue weighted by Gasteiger charge is -2.20. The van der Waals surface area contributed by atoms with Crippen molar-refractivity contribution < 1.29 is 19.4 Å². The molecule has 6 heteroatoms. The molecule has 1 aliphatic rings. The molecule has 0 aromatic heterocycles. The molecule has 2 atom stereocenters. The first-order chi connectivity index (χ1) is 9.97. The first-order valence-corrected chi connectivity index (χ1v) is 7.66. The van der Waals surface area contributed by atoms with Crippen LogP contribution in [0.5, 0.6) is 11.5 Å². The Morgan fingerprint density at radius 3 is 2.67 bits per heavy atom. The van der Waals surface area contributed by atoms with Gasteiger partial charge in [0.2, 0.25) is 0 Å². The molecule has 2 rings (SSSR count). The molecule has 1 fully saturated rings. The van der Waals surface area contributed by atoms with Gasteiger partial charge < -0.3 is 19.5 Å². The Balaban J connectivity index is 2.29. The Bertz CT molecular complexity index is 533. The second kappa shape index (κ2) is 6.66. The van der Waals surface area contributed by atoms with E-state index in [-0.39, 0.29) is 11.8 Å². The monoisotopic (exact) mass is 357 g/mol. The summed E-state index contributed by atoms with van der Waals surface area (Å²) in [6.07, 6.45) is 0.415. The summed E-state index contributed by atoms with van der Waals surface area (Å²) in [6, 6.07) is 3.44. The van der Waals surface area contributed by atoms with Gasteiger partial charge in [0.1, 0.15) is 11.5 Å². The smallest absolute Gasteiger partial charge is 0.257 e. The van der Waals surface area contributed by atoms with Crippen LogP contribution in [0.3, 0.4) is 0 Å². The number of benzene rings is 1. The Labute approximate surface area is 133 Å². The summed E-state index contributed by atoms with van der Waals surface area (Å²) in [5, 5.41) is 9.66. The molecule has 0 aliphatic carbocycles. The number of amides is 1. The zero-order valence-electron chi connectivity index (χ0n) is 12.4. The third kappa shape index (κ3) is 3.32. The summed E-state index contributed by atoms with van der Waals surface area (Å²) < 4.78 is 11.2. The van der Waals surface area contributed by atoms with E-state index in [0.29, 0.717) is 34.6 Å². The van der Waals surface area contributed by atoms with E-state index in [1.807, 2.05) is 0 Å². The molecule has 1 aromatic rings. The number of hydrogen-bond donors (Lipinski definition) is 1. The molecule has 0 saturated carbocycles. The van der Waals surface area contributed by atoms with E-state index in [9.17, 15) is 9.90 Å². The van der Waals surface area contributed by atoms with Gasteiger partial charge in [0, 0.05) is 19.0 Å². The SMILES string of the molecule is COc1cc(Br)c(OC)c(C(=O)N2CCC(C(C)O)C2)c1. The summed E-state index contributed by atoms with van der Waals surface area (Å²) >= 11 is 3.40. The van der Waals surface area contributed by atoms with Crippen LogP contribution >= 0.6 is 15.9 Å². The summed E-state index contributed by atoms with van der Waals surface area (Å²) in [5.74, 6) is 1.13. The quantitative estimate of drug-likeness (QED) is 0.898. The normalized spacial score (nSPS) is 19.5. The number of carbonyl (C=O) groups excluding carboxylic acids is 1. The maximum absolute atomic E-state index is 12.7. The Hall–Kier alpha value is -1.27. The van der Waals surface area contributed by atoms with E-state index in [0.717, 1.165) is 6.42 Å². The molecule has 0 spiro atoms. The van der Waals surface area contributed by atoms with Gasteiger partial charge in [0.05, 0.1) is 30.4 Å². The molecule has 1 heterocycles. The highest BCUT2D eigenvalue weighted by Gasteiger charge is 2.31. The Morgan fingerprint density at radius 1 is 1.43 bits per heavy atom. The van der Waals surface area contributed by atoms with Crippen molar-refractivity contribution in [3.63, 3.8) is 0 Å². The lowest BCUT2D eigenvalue weighted by molar-refractivity contribution is 0.0758. The van der Waals surface area contributed by atoms with Gasteiger partial charge in [-0.05, 0) is 41.4 Å². The van der Waals surface area contributed by atoms with Crippen molar-refractivity contribution in [2.24, 2.45) is 5.92 Å². The number of hydrogen-bond acceptors (Lipinski definition) is 4. The van der Waals surface area contributed by atoms with Crippen molar-refractivity contribution >= 4 is 21.8 Å². The van der Waals surface area contributed by atoms with Crippen LogP contribution in [0.4, 0.5) is 0 Å². The van der Waals surface area contributed by atoms with Crippen molar-refractivity contribution in [2.45, 2.75) is 19.4 Å². The highest BCUT2D eigenvalue weighted by molar-refractivity contribution is 9.10. The lowest BCUT2D eigenvalue weighted by Crippen LogP contribution is -2.30. The van der Waals surface area contributed by atoms with Crippen LogP contribution in [0.2, 0.25) is 0 Å². The summed E-state index contributed by atoms with van der Waals surface area (Å²) in [5.41, 5.74) is 0.468. The van der Waals surface area contributed by atoms with Crippen molar-refractivity contribution in [1.29, 1.82) is 0 Å². The highest BCUT2D eigenvalue weighted by atomic mass is 79.9. The predicted molar refractivity (Wildman–Crippen MR) is 82.9 cm³/mol. The van der Waals surface area contributed by atoms with Crippen molar-refractivity contribution in [3.05, 3.63) is 22.2 Å². The maximum atomic E-state index is 12.7. The second-order valence-electron chi connectivity index (χ2n) is 5.23. The molecule has 1 aromatic carbocycles. The van der Waals surface area contributed by atoms with Gasteiger partial charge in [0.25, 0.3) is 5.91 Å².